The Balaban J connectivity index is -0.000000124. The normalized spacial score (nSPS) is 6.17. The zero-order valence-electron chi connectivity index (χ0n) is 6.03. The van der Waals surface area contributed by atoms with Crippen molar-refractivity contribution in [3.63, 3.8) is 0 Å². The molecule has 0 radical (unpaired) electrons. The third-order valence-electron chi connectivity index (χ3n) is 0.667. The van der Waals surface area contributed by atoms with Gasteiger partial charge in [0.15, 0.2) is 0 Å². The first-order chi connectivity index (χ1) is 4.73. The van der Waals surface area contributed by atoms with Crippen molar-refractivity contribution in [2.75, 3.05) is 0 Å². The summed E-state index contributed by atoms with van der Waals surface area (Å²) in [4.78, 5) is 14.2. The molecule has 0 aliphatic rings. The predicted molar refractivity (Wildman–Crippen MR) is 53.0 cm³/mol. The topological polar surface area (TPSA) is 57.5 Å². The minimum absolute atomic E-state index is 0. The number of hydrogen-bond donors (Lipinski definition) is 2. The summed E-state index contributed by atoms with van der Waals surface area (Å²) in [6.07, 6.45) is 0. The number of benzene rings is 1. The van der Waals surface area contributed by atoms with Gasteiger partial charge in [-0.2, -0.15) is 0 Å². The van der Waals surface area contributed by atoms with Crippen molar-refractivity contribution in [3.8, 4) is 0 Å². The van der Waals surface area contributed by atoms with Gasteiger partial charge in [0.1, 0.15) is 0 Å². The second-order valence-electron chi connectivity index (χ2n) is 1.41. The zero-order chi connectivity index (χ0) is 7.82. The van der Waals surface area contributed by atoms with E-state index < -0.39 is 8.25 Å². The lowest BCUT2D eigenvalue weighted by molar-refractivity contribution is 0.405. The summed E-state index contributed by atoms with van der Waals surface area (Å²) in [5, 5.41) is 0. The van der Waals surface area contributed by atoms with Gasteiger partial charge in [-0.25, -0.2) is 0 Å². The Hall–Kier alpha value is -0.180. The Morgan fingerprint density at radius 2 is 0.833 bits per heavy atom. The Morgan fingerprint density at radius 3 is 0.917 bits per heavy atom. The highest BCUT2D eigenvalue weighted by Crippen LogP contribution is 1.98. The molecular formula is C6H10Cl2O3P+. The highest BCUT2D eigenvalue weighted by Gasteiger charge is 1.93. The first kappa shape index (κ1) is 17.8. The molecule has 0 heterocycles. The van der Waals surface area contributed by atoms with E-state index in [9.17, 15) is 0 Å². The van der Waals surface area contributed by atoms with Crippen LogP contribution >= 0.6 is 33.1 Å². The third kappa shape index (κ3) is 22.6. The number of rotatable bonds is 0. The maximum Gasteiger partial charge on any atom is 0.692 e. The summed E-state index contributed by atoms with van der Waals surface area (Å²) in [6, 6.07) is 12.0. The van der Waals surface area contributed by atoms with Gasteiger partial charge in [0.25, 0.3) is 0 Å². The van der Waals surface area contributed by atoms with Crippen molar-refractivity contribution < 1.29 is 14.4 Å². The molecule has 1 aromatic rings. The summed E-state index contributed by atoms with van der Waals surface area (Å²) in [5.41, 5.74) is 0. The molecule has 0 unspecified atom stereocenters. The molecule has 6 heteroatoms. The van der Waals surface area contributed by atoms with E-state index in [1.54, 1.807) is 0 Å². The van der Waals surface area contributed by atoms with Gasteiger partial charge in [0.2, 0.25) is 0 Å². The van der Waals surface area contributed by atoms with Crippen LogP contribution in [0.5, 0.6) is 0 Å². The second kappa shape index (κ2) is 13.4. The van der Waals surface area contributed by atoms with Crippen LogP contribution in [0, 0.1) is 0 Å². The molecule has 0 atom stereocenters. The highest BCUT2D eigenvalue weighted by atomic mass is 35.5. The zero-order valence-corrected chi connectivity index (χ0v) is 8.56. The van der Waals surface area contributed by atoms with Crippen molar-refractivity contribution in [2.45, 2.75) is 0 Å². The van der Waals surface area contributed by atoms with Gasteiger partial charge >= 0.3 is 8.25 Å². The minimum Gasteiger partial charge on any atom is -0.147 e. The van der Waals surface area contributed by atoms with Crippen molar-refractivity contribution in [1.29, 1.82) is 0 Å². The molecule has 0 saturated carbocycles. The van der Waals surface area contributed by atoms with Crippen LogP contribution in [0.15, 0.2) is 36.4 Å². The van der Waals surface area contributed by atoms with Gasteiger partial charge in [-0.3, -0.25) is 0 Å². The van der Waals surface area contributed by atoms with Crippen LogP contribution in [0.25, 0.3) is 0 Å². The second-order valence-corrected chi connectivity index (χ2v) is 1.91. The fraction of sp³-hybridized carbons (Fsp3) is 0. The van der Waals surface area contributed by atoms with Crippen molar-refractivity contribution in [3.05, 3.63) is 36.4 Å². The van der Waals surface area contributed by atoms with E-state index in [1.807, 2.05) is 36.4 Å². The van der Waals surface area contributed by atoms with E-state index in [2.05, 4.69) is 0 Å². The first-order valence-electron chi connectivity index (χ1n) is 2.58. The molecular weight excluding hydrogens is 222 g/mol. The lowest BCUT2D eigenvalue weighted by Gasteiger charge is -1.69. The molecule has 70 valence electrons. The molecule has 0 aliphatic carbocycles. The summed E-state index contributed by atoms with van der Waals surface area (Å²) >= 11 is 0. The van der Waals surface area contributed by atoms with E-state index in [-0.39, 0.29) is 24.8 Å². The maximum absolute atomic E-state index is 8.70. The molecule has 12 heavy (non-hydrogen) atoms. The maximum atomic E-state index is 8.70. The quantitative estimate of drug-likeness (QED) is 0.673. The molecule has 0 fully saturated rings. The van der Waals surface area contributed by atoms with Crippen LogP contribution in [0.3, 0.4) is 0 Å². The monoisotopic (exact) mass is 231 g/mol. The van der Waals surface area contributed by atoms with E-state index in [4.69, 9.17) is 14.4 Å². The Labute approximate surface area is 84.2 Å². The molecule has 1 rings (SSSR count). The molecule has 0 aliphatic heterocycles. The van der Waals surface area contributed by atoms with E-state index >= 15 is 0 Å². The Kier molecular flexibility index (Phi) is 19.9. The van der Waals surface area contributed by atoms with E-state index in [0.29, 0.717) is 0 Å². The average molecular weight is 232 g/mol. The van der Waals surface area contributed by atoms with Crippen LogP contribution in [0.1, 0.15) is 0 Å². The third-order valence-corrected chi connectivity index (χ3v) is 0.667. The standard InChI is InChI=1S/C6H6.2ClH.HO3P/c1-2-4-6-5-3-1;;;1-4(2)3/h1-6H;2*1H;(H-,1,2,3)/p+1. The summed E-state index contributed by atoms with van der Waals surface area (Å²) in [5.74, 6) is 0. The lowest BCUT2D eigenvalue weighted by Crippen LogP contribution is -1.47. The van der Waals surface area contributed by atoms with Gasteiger partial charge in [0.05, 0.1) is 0 Å². The van der Waals surface area contributed by atoms with Crippen molar-refractivity contribution >= 4 is 33.1 Å². The lowest BCUT2D eigenvalue weighted by atomic mass is 10.4. The first-order valence-corrected chi connectivity index (χ1v) is 3.75. The summed E-state index contributed by atoms with van der Waals surface area (Å²) in [7, 11) is -2.87. The predicted octanol–water partition coefficient (Wildman–Crippen LogP) is 2.16. The molecule has 1 aromatic carbocycles. The van der Waals surface area contributed by atoms with Gasteiger partial charge in [-0.1, -0.05) is 36.4 Å². The van der Waals surface area contributed by atoms with E-state index in [1.165, 1.54) is 0 Å². The molecule has 0 saturated heterocycles. The Bertz CT molecular complexity index is 153. The summed E-state index contributed by atoms with van der Waals surface area (Å²) in [6.45, 7) is 0. The van der Waals surface area contributed by atoms with Gasteiger partial charge in [-0.05, 0) is 0 Å². The fourth-order valence-corrected chi connectivity index (χ4v) is 0.385. The molecule has 0 bridgehead atoms. The SMILES string of the molecule is Cl.Cl.O=[P+](O)O.c1ccccc1. The molecule has 0 spiro atoms. The smallest absolute Gasteiger partial charge is 0.147 e. The Morgan fingerprint density at radius 1 is 0.750 bits per heavy atom. The van der Waals surface area contributed by atoms with Crippen LogP contribution < -0.4 is 0 Å². The molecule has 0 amide bonds. The fourth-order valence-electron chi connectivity index (χ4n) is 0.385. The number of hydrogen-bond acceptors (Lipinski definition) is 1. The largest absolute Gasteiger partial charge is 0.692 e. The van der Waals surface area contributed by atoms with Gasteiger partial charge < -0.3 is 0 Å². The van der Waals surface area contributed by atoms with Crippen molar-refractivity contribution in [1.82, 2.24) is 0 Å². The van der Waals surface area contributed by atoms with Gasteiger partial charge in [-0.15, -0.1) is 34.6 Å². The summed E-state index contributed by atoms with van der Waals surface area (Å²) < 4.78 is 8.70. The minimum atomic E-state index is -2.87. The van der Waals surface area contributed by atoms with Crippen LogP contribution in [-0.4, -0.2) is 9.79 Å². The van der Waals surface area contributed by atoms with Crippen LogP contribution in [-0.2, 0) is 4.57 Å². The average Bonchev–Trinajstić information content (AvgIpc) is 1.90. The van der Waals surface area contributed by atoms with Crippen LogP contribution in [0.2, 0.25) is 0 Å². The van der Waals surface area contributed by atoms with E-state index in [0.717, 1.165) is 0 Å². The molecule has 3 nitrogen and oxygen atoms in total. The molecule has 2 N–H and O–H groups in total. The van der Waals surface area contributed by atoms with Crippen molar-refractivity contribution in [2.24, 2.45) is 0 Å². The molecule has 0 aromatic heterocycles. The van der Waals surface area contributed by atoms with Crippen LogP contribution in [0.4, 0.5) is 0 Å². The highest BCUT2D eigenvalue weighted by molar-refractivity contribution is 7.30. The number of halogens is 2. The van der Waals surface area contributed by atoms with Gasteiger partial charge in [0, 0.05) is 4.57 Å².